The van der Waals surface area contributed by atoms with E-state index < -0.39 is 0 Å². The van der Waals surface area contributed by atoms with Crippen molar-refractivity contribution < 1.29 is 4.79 Å². The molecule has 3 heterocycles. The molecular weight excluding hydrogens is 312 g/mol. The van der Waals surface area contributed by atoms with Gasteiger partial charge in [-0.1, -0.05) is 24.3 Å². The minimum Gasteiger partial charge on any atom is -0.355 e. The molecule has 5 heteroatoms. The van der Waals surface area contributed by atoms with Crippen LogP contribution in [0.2, 0.25) is 0 Å². The number of hydrogen-bond acceptors (Lipinski definition) is 4. The molecule has 2 aromatic rings. The van der Waals surface area contributed by atoms with Crippen molar-refractivity contribution in [1.29, 1.82) is 0 Å². The molecule has 0 bridgehead atoms. The highest BCUT2D eigenvalue weighted by Crippen LogP contribution is 2.40. The summed E-state index contributed by atoms with van der Waals surface area (Å²) >= 11 is 0. The number of anilines is 1. The maximum atomic E-state index is 13.2. The summed E-state index contributed by atoms with van der Waals surface area (Å²) in [5, 5.41) is 8.47. The van der Waals surface area contributed by atoms with Crippen LogP contribution in [0.15, 0.2) is 36.4 Å². The molecule has 130 valence electrons. The van der Waals surface area contributed by atoms with E-state index in [1.54, 1.807) is 0 Å². The van der Waals surface area contributed by atoms with Crippen molar-refractivity contribution in [2.24, 2.45) is 5.41 Å². The maximum Gasteiger partial charge on any atom is 0.229 e. The van der Waals surface area contributed by atoms with Crippen molar-refractivity contribution in [3.8, 4) is 0 Å². The summed E-state index contributed by atoms with van der Waals surface area (Å²) in [5.74, 6) is 1.20. The topological polar surface area (TPSA) is 49.3 Å². The van der Waals surface area contributed by atoms with Crippen LogP contribution in [0.5, 0.6) is 0 Å². The van der Waals surface area contributed by atoms with Crippen molar-refractivity contribution in [1.82, 2.24) is 15.1 Å². The van der Waals surface area contributed by atoms with Crippen LogP contribution < -0.4 is 4.90 Å². The Morgan fingerprint density at radius 1 is 1.00 bits per heavy atom. The van der Waals surface area contributed by atoms with E-state index in [1.807, 2.05) is 31.0 Å². The molecule has 1 aromatic carbocycles. The average molecular weight is 336 g/mol. The molecule has 25 heavy (non-hydrogen) atoms. The first-order valence-corrected chi connectivity index (χ1v) is 8.95. The molecule has 2 aliphatic rings. The number of rotatable bonds is 1. The largest absolute Gasteiger partial charge is 0.355 e. The highest BCUT2D eigenvalue weighted by Gasteiger charge is 2.45. The lowest BCUT2D eigenvalue weighted by Gasteiger charge is -2.41. The van der Waals surface area contributed by atoms with Crippen LogP contribution in [0.3, 0.4) is 0 Å². The van der Waals surface area contributed by atoms with E-state index in [4.69, 9.17) is 0 Å². The fourth-order valence-electron chi connectivity index (χ4n) is 4.17. The van der Waals surface area contributed by atoms with E-state index in [9.17, 15) is 4.79 Å². The Morgan fingerprint density at radius 3 is 2.40 bits per heavy atom. The number of fused-ring (bicyclic) bond motifs is 1. The van der Waals surface area contributed by atoms with Gasteiger partial charge in [0.15, 0.2) is 5.82 Å². The van der Waals surface area contributed by atoms with Gasteiger partial charge in [-0.15, -0.1) is 5.10 Å². The predicted molar refractivity (Wildman–Crippen MR) is 97.3 cm³/mol. The second kappa shape index (κ2) is 6.14. The lowest BCUT2D eigenvalue weighted by atomic mass is 9.73. The number of hydrogen-bond donors (Lipinski definition) is 0. The van der Waals surface area contributed by atoms with Gasteiger partial charge in [0, 0.05) is 26.7 Å². The predicted octanol–water partition coefficient (Wildman–Crippen LogP) is 2.59. The number of aromatic nitrogens is 2. The highest BCUT2D eigenvalue weighted by molar-refractivity contribution is 5.84. The van der Waals surface area contributed by atoms with E-state index in [0.29, 0.717) is 12.5 Å². The Bertz CT molecular complexity index is 779. The zero-order valence-corrected chi connectivity index (χ0v) is 14.9. The quantitative estimate of drug-likeness (QED) is 0.803. The lowest BCUT2D eigenvalue weighted by Crippen LogP contribution is -2.49. The Hall–Kier alpha value is -2.43. The molecule has 5 nitrogen and oxygen atoms in total. The lowest BCUT2D eigenvalue weighted by molar-refractivity contribution is -0.142. The monoisotopic (exact) mass is 336 g/mol. The van der Waals surface area contributed by atoms with Gasteiger partial charge >= 0.3 is 0 Å². The number of carbonyl (C=O) groups excluding carboxylic acids is 1. The van der Waals surface area contributed by atoms with Gasteiger partial charge in [-0.05, 0) is 49.4 Å². The van der Waals surface area contributed by atoms with Crippen LogP contribution in [0, 0.1) is 12.3 Å². The molecule has 0 unspecified atom stereocenters. The first-order valence-electron chi connectivity index (χ1n) is 8.95. The molecule has 2 aliphatic heterocycles. The van der Waals surface area contributed by atoms with Crippen molar-refractivity contribution in [2.75, 3.05) is 25.0 Å². The van der Waals surface area contributed by atoms with Crippen LogP contribution in [-0.2, 0) is 17.8 Å². The van der Waals surface area contributed by atoms with Gasteiger partial charge in [-0.3, -0.25) is 4.79 Å². The molecule has 0 atom stereocenters. The molecule has 4 rings (SSSR count). The van der Waals surface area contributed by atoms with E-state index >= 15 is 0 Å². The third-order valence-electron chi connectivity index (χ3n) is 5.68. The number of amides is 1. The van der Waals surface area contributed by atoms with Crippen LogP contribution in [0.1, 0.15) is 29.7 Å². The molecular formula is C20H24N4O. The van der Waals surface area contributed by atoms with Crippen LogP contribution in [0.4, 0.5) is 5.82 Å². The SMILES string of the molecule is Cc1ccc(N2CCC3(CC2)Cc2ccccc2CN(C)C3=O)nn1. The Labute approximate surface area is 148 Å². The summed E-state index contributed by atoms with van der Waals surface area (Å²) in [6.07, 6.45) is 2.57. The highest BCUT2D eigenvalue weighted by atomic mass is 16.2. The van der Waals surface area contributed by atoms with Gasteiger partial charge in [0.25, 0.3) is 0 Å². The third-order valence-corrected chi connectivity index (χ3v) is 5.68. The minimum atomic E-state index is -0.282. The van der Waals surface area contributed by atoms with Gasteiger partial charge in [0.1, 0.15) is 0 Å². The van der Waals surface area contributed by atoms with Crippen LogP contribution in [0.25, 0.3) is 0 Å². The standard InChI is InChI=1S/C20H24N4O/c1-15-7-8-18(22-21-15)24-11-9-20(10-12-24)13-16-5-3-4-6-17(16)14-23(2)19(20)25/h3-8H,9-14H2,1-2H3. The van der Waals surface area contributed by atoms with E-state index in [2.05, 4.69) is 39.4 Å². The van der Waals surface area contributed by atoms with E-state index in [0.717, 1.165) is 43.9 Å². The average Bonchev–Trinajstić information content (AvgIpc) is 2.73. The summed E-state index contributed by atoms with van der Waals surface area (Å²) in [6, 6.07) is 12.5. The number of piperidine rings is 1. The van der Waals surface area contributed by atoms with Crippen molar-refractivity contribution >= 4 is 11.7 Å². The molecule has 0 saturated carbocycles. The number of carbonyl (C=O) groups is 1. The zero-order valence-electron chi connectivity index (χ0n) is 14.9. The Kier molecular flexibility index (Phi) is 3.94. The third kappa shape index (κ3) is 2.88. The van der Waals surface area contributed by atoms with E-state index in [-0.39, 0.29) is 5.41 Å². The first kappa shape index (κ1) is 16.1. The zero-order chi connectivity index (χ0) is 17.4. The molecule has 1 amide bonds. The summed E-state index contributed by atoms with van der Waals surface area (Å²) in [6.45, 7) is 4.35. The van der Waals surface area contributed by atoms with Crippen molar-refractivity contribution in [3.05, 3.63) is 53.2 Å². The molecule has 0 N–H and O–H groups in total. The summed E-state index contributed by atoms with van der Waals surface area (Å²) in [5.41, 5.74) is 3.25. The molecule has 1 aromatic heterocycles. The normalized spacial score (nSPS) is 19.7. The molecule has 1 spiro atoms. The molecule has 0 radical (unpaired) electrons. The fourth-order valence-corrected chi connectivity index (χ4v) is 4.17. The van der Waals surface area contributed by atoms with Gasteiger partial charge in [-0.2, -0.15) is 5.10 Å². The summed E-state index contributed by atoms with van der Waals surface area (Å²) in [7, 11) is 1.93. The Balaban J connectivity index is 1.58. The Morgan fingerprint density at radius 2 is 1.72 bits per heavy atom. The number of aryl methyl sites for hydroxylation is 1. The molecule has 1 fully saturated rings. The first-order chi connectivity index (χ1) is 12.1. The molecule has 0 aliphatic carbocycles. The van der Waals surface area contributed by atoms with Gasteiger partial charge < -0.3 is 9.80 Å². The second-order valence-electron chi connectivity index (χ2n) is 7.41. The van der Waals surface area contributed by atoms with Gasteiger partial charge in [-0.25, -0.2) is 0 Å². The second-order valence-corrected chi connectivity index (χ2v) is 7.41. The van der Waals surface area contributed by atoms with Crippen LogP contribution >= 0.6 is 0 Å². The fraction of sp³-hybridized carbons (Fsp3) is 0.450. The van der Waals surface area contributed by atoms with Crippen molar-refractivity contribution in [3.63, 3.8) is 0 Å². The van der Waals surface area contributed by atoms with Gasteiger partial charge in [0.2, 0.25) is 5.91 Å². The minimum absolute atomic E-state index is 0.282. The molecule has 1 saturated heterocycles. The van der Waals surface area contributed by atoms with Crippen molar-refractivity contribution in [2.45, 2.75) is 32.7 Å². The van der Waals surface area contributed by atoms with E-state index in [1.165, 1.54) is 11.1 Å². The smallest absolute Gasteiger partial charge is 0.229 e. The summed E-state index contributed by atoms with van der Waals surface area (Å²) in [4.78, 5) is 17.3. The summed E-state index contributed by atoms with van der Waals surface area (Å²) < 4.78 is 0. The number of benzene rings is 1. The van der Waals surface area contributed by atoms with Crippen LogP contribution in [-0.4, -0.2) is 41.1 Å². The maximum absolute atomic E-state index is 13.2. The number of nitrogens with zero attached hydrogens (tertiary/aromatic N) is 4. The van der Waals surface area contributed by atoms with Gasteiger partial charge in [0.05, 0.1) is 11.1 Å².